The second-order valence-electron chi connectivity index (χ2n) is 13.5. The summed E-state index contributed by atoms with van der Waals surface area (Å²) in [6, 6.07) is 0. The maximum atomic E-state index is 10.9. The second-order valence-corrected chi connectivity index (χ2v) is 13.5. The molecule has 0 aromatic rings. The number of rotatable bonds is 15. The van der Waals surface area contributed by atoms with Crippen LogP contribution in [0.5, 0.6) is 0 Å². The zero-order valence-corrected chi connectivity index (χ0v) is 29.7. The molecular formula is C30H54O27. The maximum absolute atomic E-state index is 10.9. The van der Waals surface area contributed by atoms with Gasteiger partial charge in [0.15, 0.2) is 31.4 Å². The Morgan fingerprint density at radius 1 is 0.439 bits per heavy atom. The number of hydrogen-bond acceptors (Lipinski definition) is 27. The van der Waals surface area contributed by atoms with Crippen LogP contribution in [-0.4, -0.2) is 284 Å². The van der Waals surface area contributed by atoms with E-state index in [2.05, 4.69) is 0 Å². The topological polar surface area (TPSA) is 466 Å². The first-order chi connectivity index (χ1) is 26.8. The minimum absolute atomic E-state index is 0.0258. The fourth-order valence-electron chi connectivity index (χ4n) is 6.16. The monoisotopic (exact) mass is 846 g/mol. The molecule has 4 aliphatic heterocycles. The third-order valence-electron chi connectivity index (χ3n) is 9.62. The van der Waals surface area contributed by atoms with Crippen LogP contribution in [0.4, 0.5) is 0 Å². The number of carbonyl (C=O) groups excluding carboxylic acids is 1. The molecule has 24 atom stereocenters. The van der Waals surface area contributed by atoms with Crippen LogP contribution in [0.15, 0.2) is 0 Å². The van der Waals surface area contributed by atoms with Crippen molar-refractivity contribution in [3.8, 4) is 0 Å². The zero-order chi connectivity index (χ0) is 43.0. The van der Waals surface area contributed by atoms with Gasteiger partial charge >= 0.3 is 0 Å². The van der Waals surface area contributed by atoms with E-state index < -0.39 is 180 Å². The number of carbonyl (C=O) groups is 1. The molecule has 0 aliphatic carbocycles. The van der Waals surface area contributed by atoms with Gasteiger partial charge in [-0.25, -0.2) is 0 Å². The lowest BCUT2D eigenvalue weighted by Gasteiger charge is -2.49. The molecule has 57 heavy (non-hydrogen) atoms. The van der Waals surface area contributed by atoms with Crippen LogP contribution in [0.3, 0.4) is 0 Å². The van der Waals surface area contributed by atoms with Gasteiger partial charge in [0.2, 0.25) is 0 Å². The Morgan fingerprint density at radius 2 is 0.789 bits per heavy atom. The van der Waals surface area contributed by atoms with Crippen molar-refractivity contribution >= 4 is 6.29 Å². The molecule has 4 fully saturated rings. The van der Waals surface area contributed by atoms with Gasteiger partial charge in [-0.05, 0) is 0 Å². The third kappa shape index (κ3) is 11.5. The number of aldehydes is 1. The van der Waals surface area contributed by atoms with Gasteiger partial charge < -0.3 is 135 Å². The molecule has 0 aromatic carbocycles. The van der Waals surface area contributed by atoms with Crippen LogP contribution in [0.1, 0.15) is 0 Å². The van der Waals surface area contributed by atoms with Crippen LogP contribution in [-0.2, 0) is 38.0 Å². The molecule has 0 amide bonds. The fraction of sp³-hybridized carbons (Fsp3) is 0.967. The minimum Gasteiger partial charge on any atom is -0.394 e. The molecule has 19 N–H and O–H groups in total. The first kappa shape index (κ1) is 50.0. The average Bonchev–Trinajstić information content (AvgIpc) is 3.21. The quantitative estimate of drug-likeness (QED) is 0.0680. The highest BCUT2D eigenvalue weighted by molar-refractivity contribution is 5.56. The lowest BCUT2D eigenvalue weighted by Crippen LogP contribution is -2.67. The lowest BCUT2D eigenvalue weighted by molar-refractivity contribution is -0.387. The summed E-state index contributed by atoms with van der Waals surface area (Å²) in [5, 5.41) is 186. The maximum Gasteiger partial charge on any atom is 0.187 e. The molecule has 0 spiro atoms. The van der Waals surface area contributed by atoms with Gasteiger partial charge in [0.1, 0.15) is 122 Å². The minimum atomic E-state index is -2.02. The first-order valence-electron chi connectivity index (χ1n) is 17.4. The van der Waals surface area contributed by atoms with E-state index in [1.54, 1.807) is 0 Å². The molecule has 336 valence electrons. The Bertz CT molecular complexity index is 1170. The Kier molecular flexibility index (Phi) is 19.7. The predicted molar refractivity (Wildman–Crippen MR) is 171 cm³/mol. The van der Waals surface area contributed by atoms with Crippen LogP contribution in [0.2, 0.25) is 0 Å². The van der Waals surface area contributed by atoms with Crippen LogP contribution in [0, 0.1) is 0 Å². The molecule has 0 radical (unpaired) electrons. The molecule has 0 unspecified atom stereocenters. The predicted octanol–water partition coefficient (Wildman–Crippen LogP) is -13.1. The van der Waals surface area contributed by atoms with Gasteiger partial charge in [0.05, 0.1) is 33.0 Å². The zero-order valence-electron chi connectivity index (χ0n) is 29.7. The largest absolute Gasteiger partial charge is 0.394 e. The highest BCUT2D eigenvalue weighted by Crippen LogP contribution is 2.34. The summed E-state index contributed by atoms with van der Waals surface area (Å²) in [5.41, 5.74) is 0. The normalized spacial score (nSPS) is 46.2. The molecule has 0 bridgehead atoms. The van der Waals surface area contributed by atoms with Gasteiger partial charge in [-0.2, -0.15) is 0 Å². The standard InChI is InChI=1S/C24H42O21.C6H12O6/c25-1-5-9(29)10(30)15(35)22(40-5)44-19-7(3-27)42-24(17(37)12(19)32)45-20-8(4-28)41-23(16(36)13(20)33)43-18-6(2-26)39-21(38)14(34)11(18)31;7-1-3(9)5(11)6(12)4(10)2-8/h5-38H,1-4H2;1,3-6,8-12H,2H2/t5-,6-,7-,8-,9-,10+,11-,12-,13-,14-,15-,16-,17-,18-,19-,20-,21+,22-,23-,24-;3-,4+,5+,6+/m10/s1. The van der Waals surface area contributed by atoms with E-state index in [1.807, 2.05) is 0 Å². The second kappa shape index (κ2) is 22.5. The van der Waals surface area contributed by atoms with E-state index >= 15 is 0 Å². The number of aliphatic hydroxyl groups is 19. The summed E-state index contributed by atoms with van der Waals surface area (Å²) >= 11 is 0. The molecule has 4 aliphatic rings. The van der Waals surface area contributed by atoms with Gasteiger partial charge in [0, 0.05) is 0 Å². The Labute approximate surface area is 321 Å². The summed E-state index contributed by atoms with van der Waals surface area (Å²) < 4.78 is 37.7. The Hall–Kier alpha value is -1.37. The molecular weight excluding hydrogens is 792 g/mol. The van der Waals surface area contributed by atoms with Gasteiger partial charge in [-0.15, -0.1) is 0 Å². The summed E-state index contributed by atoms with van der Waals surface area (Å²) in [7, 11) is 0. The van der Waals surface area contributed by atoms with Crippen molar-refractivity contribution in [3.63, 3.8) is 0 Å². The van der Waals surface area contributed by atoms with E-state index in [1.165, 1.54) is 0 Å². The van der Waals surface area contributed by atoms with Crippen LogP contribution in [0.25, 0.3) is 0 Å². The van der Waals surface area contributed by atoms with Crippen molar-refractivity contribution in [2.24, 2.45) is 0 Å². The molecule has 0 saturated carbocycles. The van der Waals surface area contributed by atoms with Crippen molar-refractivity contribution in [2.75, 3.05) is 33.0 Å². The number of hydrogen-bond donors (Lipinski definition) is 19. The molecule has 4 heterocycles. The molecule has 4 rings (SSSR count). The summed E-state index contributed by atoms with van der Waals surface area (Å²) in [5.74, 6) is 0. The highest BCUT2D eigenvalue weighted by Gasteiger charge is 2.55. The number of aliphatic hydroxyl groups excluding tert-OH is 19. The van der Waals surface area contributed by atoms with Crippen molar-refractivity contribution in [1.29, 1.82) is 0 Å². The Morgan fingerprint density at radius 3 is 1.16 bits per heavy atom. The lowest BCUT2D eigenvalue weighted by atomic mass is 9.95. The van der Waals surface area contributed by atoms with E-state index in [0.29, 0.717) is 0 Å². The van der Waals surface area contributed by atoms with Crippen LogP contribution >= 0.6 is 0 Å². The van der Waals surface area contributed by atoms with Gasteiger partial charge in [0.25, 0.3) is 0 Å². The van der Waals surface area contributed by atoms with Crippen LogP contribution < -0.4 is 0 Å². The van der Waals surface area contributed by atoms with E-state index in [9.17, 15) is 76.3 Å². The summed E-state index contributed by atoms with van der Waals surface area (Å²) in [4.78, 5) is 9.90. The van der Waals surface area contributed by atoms with Gasteiger partial charge in [-0.1, -0.05) is 0 Å². The Balaban J connectivity index is 0.000000626. The van der Waals surface area contributed by atoms with Gasteiger partial charge in [-0.3, -0.25) is 0 Å². The van der Waals surface area contributed by atoms with E-state index in [-0.39, 0.29) is 6.29 Å². The fourth-order valence-corrected chi connectivity index (χ4v) is 6.16. The highest BCUT2D eigenvalue weighted by atomic mass is 16.8. The van der Waals surface area contributed by atoms with Crippen molar-refractivity contribution in [3.05, 3.63) is 0 Å². The summed E-state index contributed by atoms with van der Waals surface area (Å²) in [6.45, 7) is -4.15. The smallest absolute Gasteiger partial charge is 0.187 e. The van der Waals surface area contributed by atoms with Crippen molar-refractivity contribution in [1.82, 2.24) is 0 Å². The van der Waals surface area contributed by atoms with Crippen molar-refractivity contribution < 1.29 is 135 Å². The summed E-state index contributed by atoms with van der Waals surface area (Å²) in [6.07, 6.45) is -42.1. The SMILES string of the molecule is O=C[C@H](O)[C@@H](O)[C@H](O)[C@H](O)CO.OC[C@H]1O[C@H](O[C@H]2[C@H](O)[C@@H](O)[C@@H](O[C@H]3[C@H](O)[C@@H](O)[C@@H](O[C@H]4[C@H](O)[C@@H](O)[C@@H](O)O[C@@H]4CO)O[C@@H]3CO)O[C@@H]2CO)[C@H](O)[C@@H](O)[C@@H]1O. The number of ether oxygens (including phenoxy) is 7. The van der Waals surface area contributed by atoms with E-state index in [0.717, 1.165) is 0 Å². The molecule has 0 aromatic heterocycles. The van der Waals surface area contributed by atoms with E-state index in [4.69, 9.17) is 58.7 Å². The molecule has 27 heteroatoms. The van der Waals surface area contributed by atoms with Crippen molar-refractivity contribution in [2.45, 2.75) is 147 Å². The molecule has 4 saturated heterocycles. The third-order valence-corrected chi connectivity index (χ3v) is 9.62. The first-order valence-corrected chi connectivity index (χ1v) is 17.4. The average molecular weight is 847 g/mol. The molecule has 27 nitrogen and oxygen atoms in total.